The number of hydrogen-bond acceptors (Lipinski definition) is 3. The van der Waals surface area contributed by atoms with Crippen molar-refractivity contribution < 1.29 is 27.5 Å². The molecule has 1 atom stereocenters. The Bertz CT molecular complexity index is 760. The number of esters is 1. The first-order chi connectivity index (χ1) is 12.3. The molecule has 1 amide bonds. The lowest BCUT2D eigenvalue weighted by Crippen LogP contribution is -2.32. The average Bonchev–Trinajstić information content (AvgIpc) is 2.64. The van der Waals surface area contributed by atoms with E-state index in [0.29, 0.717) is 6.54 Å². The van der Waals surface area contributed by atoms with Gasteiger partial charge in [-0.05, 0) is 23.6 Å². The van der Waals surface area contributed by atoms with Crippen LogP contribution in [0.4, 0.5) is 13.2 Å². The molecule has 2 rings (SSSR count). The summed E-state index contributed by atoms with van der Waals surface area (Å²) in [5.74, 6) is -1.73. The fourth-order valence-electron chi connectivity index (χ4n) is 2.33. The second kappa shape index (κ2) is 8.51. The van der Waals surface area contributed by atoms with Gasteiger partial charge in [0.15, 0.2) is 6.61 Å². The van der Waals surface area contributed by atoms with Crippen molar-refractivity contribution in [2.45, 2.75) is 19.0 Å². The molecule has 4 nitrogen and oxygen atoms in total. The molecule has 7 heteroatoms. The van der Waals surface area contributed by atoms with Crippen LogP contribution >= 0.6 is 0 Å². The number of nitrogens with one attached hydrogen (secondary N) is 1. The van der Waals surface area contributed by atoms with E-state index in [4.69, 9.17) is 4.74 Å². The van der Waals surface area contributed by atoms with Crippen LogP contribution in [-0.2, 0) is 15.7 Å². The average molecular weight is 365 g/mol. The molecule has 0 aliphatic heterocycles. The van der Waals surface area contributed by atoms with E-state index >= 15 is 0 Å². The van der Waals surface area contributed by atoms with E-state index in [1.54, 1.807) is 0 Å². The van der Waals surface area contributed by atoms with Crippen LogP contribution < -0.4 is 5.32 Å². The molecule has 1 N–H and O–H groups in total. The van der Waals surface area contributed by atoms with Gasteiger partial charge in [-0.2, -0.15) is 13.2 Å². The van der Waals surface area contributed by atoms with Crippen LogP contribution in [0.25, 0.3) is 0 Å². The van der Waals surface area contributed by atoms with Crippen molar-refractivity contribution in [1.82, 2.24) is 5.32 Å². The number of halogens is 3. The van der Waals surface area contributed by atoms with Gasteiger partial charge < -0.3 is 10.1 Å². The fourth-order valence-corrected chi connectivity index (χ4v) is 2.33. The molecule has 0 aromatic heterocycles. The molecule has 0 fully saturated rings. The summed E-state index contributed by atoms with van der Waals surface area (Å²) in [6, 6.07) is 13.8. The van der Waals surface area contributed by atoms with Gasteiger partial charge in [-0.15, -0.1) is 0 Å². The minimum Gasteiger partial charge on any atom is -0.452 e. The second-order valence-electron chi connectivity index (χ2n) is 5.74. The zero-order valence-corrected chi connectivity index (χ0v) is 14.0. The molecule has 0 spiro atoms. The molecular weight excluding hydrogens is 347 g/mol. The Morgan fingerprint density at radius 1 is 1.04 bits per heavy atom. The number of rotatable bonds is 6. The maximum Gasteiger partial charge on any atom is 0.417 e. The van der Waals surface area contributed by atoms with E-state index < -0.39 is 35.8 Å². The smallest absolute Gasteiger partial charge is 0.417 e. The molecule has 26 heavy (non-hydrogen) atoms. The summed E-state index contributed by atoms with van der Waals surface area (Å²) in [5, 5.41) is 2.59. The van der Waals surface area contributed by atoms with E-state index in [1.165, 1.54) is 12.1 Å². The molecule has 2 aromatic rings. The monoisotopic (exact) mass is 365 g/mol. The van der Waals surface area contributed by atoms with Crippen LogP contribution in [0, 0.1) is 0 Å². The summed E-state index contributed by atoms with van der Waals surface area (Å²) in [5.41, 5.74) is -0.683. The third kappa shape index (κ3) is 5.34. The summed E-state index contributed by atoms with van der Waals surface area (Å²) < 4.78 is 43.4. The minimum atomic E-state index is -4.68. The van der Waals surface area contributed by atoms with Crippen LogP contribution in [0.3, 0.4) is 0 Å². The molecule has 0 unspecified atom stereocenters. The first-order valence-electron chi connectivity index (χ1n) is 7.94. The van der Waals surface area contributed by atoms with Crippen molar-refractivity contribution in [3.8, 4) is 0 Å². The normalized spacial score (nSPS) is 12.3. The van der Waals surface area contributed by atoms with Gasteiger partial charge in [-0.1, -0.05) is 49.4 Å². The van der Waals surface area contributed by atoms with Gasteiger partial charge in [0.1, 0.15) is 0 Å². The maximum absolute atomic E-state index is 12.9. The van der Waals surface area contributed by atoms with Gasteiger partial charge >= 0.3 is 12.1 Å². The lowest BCUT2D eigenvalue weighted by Gasteiger charge is -2.14. The van der Waals surface area contributed by atoms with Crippen LogP contribution in [0.1, 0.15) is 34.3 Å². The third-order valence-corrected chi connectivity index (χ3v) is 3.76. The summed E-state index contributed by atoms with van der Waals surface area (Å²) >= 11 is 0. The third-order valence-electron chi connectivity index (χ3n) is 3.76. The SMILES string of the molecule is C[C@H](CNC(=O)COC(=O)c1ccccc1C(F)(F)F)c1ccccc1. The van der Waals surface area contributed by atoms with Crippen molar-refractivity contribution in [3.63, 3.8) is 0 Å². The number of hydrogen-bond donors (Lipinski definition) is 1. The van der Waals surface area contributed by atoms with Crippen molar-refractivity contribution >= 4 is 11.9 Å². The molecule has 0 bridgehead atoms. The Kier molecular flexibility index (Phi) is 6.38. The Morgan fingerprint density at radius 2 is 1.65 bits per heavy atom. The van der Waals surface area contributed by atoms with E-state index in [2.05, 4.69) is 5.32 Å². The molecule has 0 aliphatic carbocycles. The topological polar surface area (TPSA) is 55.4 Å². The number of amides is 1. The summed E-state index contributed by atoms with van der Waals surface area (Å²) in [4.78, 5) is 23.7. The van der Waals surface area contributed by atoms with Gasteiger partial charge in [0, 0.05) is 6.54 Å². The van der Waals surface area contributed by atoms with Crippen LogP contribution in [0.2, 0.25) is 0 Å². The van der Waals surface area contributed by atoms with E-state index in [9.17, 15) is 22.8 Å². The van der Waals surface area contributed by atoms with Crippen molar-refractivity contribution in [2.24, 2.45) is 0 Å². The lowest BCUT2D eigenvalue weighted by molar-refractivity contribution is -0.138. The summed E-state index contributed by atoms with van der Waals surface area (Å²) in [6.07, 6.45) is -4.68. The van der Waals surface area contributed by atoms with Crippen molar-refractivity contribution in [2.75, 3.05) is 13.2 Å². The molecule has 0 saturated carbocycles. The van der Waals surface area contributed by atoms with Gasteiger partial charge in [0.05, 0.1) is 11.1 Å². The highest BCUT2D eigenvalue weighted by Gasteiger charge is 2.35. The van der Waals surface area contributed by atoms with Crippen LogP contribution in [0.15, 0.2) is 54.6 Å². The predicted molar refractivity (Wildman–Crippen MR) is 89.6 cm³/mol. The summed E-state index contributed by atoms with van der Waals surface area (Å²) in [7, 11) is 0. The standard InChI is InChI=1S/C19H18F3NO3/c1-13(14-7-3-2-4-8-14)11-23-17(24)12-26-18(25)15-9-5-6-10-16(15)19(20,21)22/h2-10,13H,11-12H2,1H3,(H,23,24)/t13-/m1/s1. The van der Waals surface area contributed by atoms with E-state index in [1.807, 2.05) is 37.3 Å². The van der Waals surface area contributed by atoms with Gasteiger partial charge in [-0.25, -0.2) is 4.79 Å². The number of benzene rings is 2. The molecule has 2 aromatic carbocycles. The van der Waals surface area contributed by atoms with Crippen molar-refractivity contribution in [1.29, 1.82) is 0 Å². The van der Waals surface area contributed by atoms with Crippen LogP contribution in [0.5, 0.6) is 0 Å². The highest BCUT2D eigenvalue weighted by Crippen LogP contribution is 2.32. The Balaban J connectivity index is 1.87. The lowest BCUT2D eigenvalue weighted by atomic mass is 10.0. The first kappa shape index (κ1) is 19.5. The molecule has 0 radical (unpaired) electrons. The van der Waals surface area contributed by atoms with E-state index in [-0.39, 0.29) is 5.92 Å². The number of carbonyl (C=O) groups is 2. The molecule has 0 heterocycles. The zero-order chi connectivity index (χ0) is 19.2. The maximum atomic E-state index is 12.9. The van der Waals surface area contributed by atoms with Gasteiger partial charge in [0.2, 0.25) is 0 Å². The highest BCUT2D eigenvalue weighted by molar-refractivity contribution is 5.93. The largest absolute Gasteiger partial charge is 0.452 e. The van der Waals surface area contributed by atoms with Crippen molar-refractivity contribution in [3.05, 3.63) is 71.3 Å². The molecular formula is C19H18F3NO3. The highest BCUT2D eigenvalue weighted by atomic mass is 19.4. The minimum absolute atomic E-state index is 0.0433. The number of alkyl halides is 3. The van der Waals surface area contributed by atoms with Crippen LogP contribution in [-0.4, -0.2) is 25.0 Å². The van der Waals surface area contributed by atoms with Gasteiger partial charge in [-0.3, -0.25) is 4.79 Å². The molecule has 138 valence electrons. The number of carbonyl (C=O) groups excluding carboxylic acids is 2. The summed E-state index contributed by atoms with van der Waals surface area (Å²) in [6.45, 7) is 1.59. The Labute approximate surface area is 149 Å². The Hall–Kier alpha value is -2.83. The van der Waals surface area contributed by atoms with E-state index in [0.717, 1.165) is 17.7 Å². The van der Waals surface area contributed by atoms with Gasteiger partial charge in [0.25, 0.3) is 5.91 Å². The first-order valence-corrected chi connectivity index (χ1v) is 7.94. The quantitative estimate of drug-likeness (QED) is 0.793. The molecule has 0 aliphatic rings. The molecule has 0 saturated heterocycles. The number of ether oxygens (including phenoxy) is 1. The second-order valence-corrected chi connectivity index (χ2v) is 5.74. The Morgan fingerprint density at radius 3 is 2.31 bits per heavy atom. The predicted octanol–water partition coefficient (Wildman–Crippen LogP) is 3.78. The fraction of sp³-hybridized carbons (Fsp3) is 0.263. The zero-order valence-electron chi connectivity index (χ0n) is 14.0.